The highest BCUT2D eigenvalue weighted by molar-refractivity contribution is 7.15. The monoisotopic (exact) mass is 273 g/mol. The number of hydrogen-bond donors (Lipinski definition) is 1. The third-order valence-electron chi connectivity index (χ3n) is 3.08. The van der Waals surface area contributed by atoms with Crippen molar-refractivity contribution in [3.63, 3.8) is 0 Å². The molecule has 2 aromatic rings. The van der Waals surface area contributed by atoms with Gasteiger partial charge < -0.3 is 5.32 Å². The Morgan fingerprint density at radius 2 is 2.05 bits per heavy atom. The molecule has 0 bridgehead atoms. The van der Waals surface area contributed by atoms with Crippen LogP contribution >= 0.6 is 11.3 Å². The Balaban J connectivity index is 1.55. The number of nitrogens with one attached hydrogen (secondary N) is 1. The van der Waals surface area contributed by atoms with E-state index in [-0.39, 0.29) is 5.91 Å². The van der Waals surface area contributed by atoms with Crippen LogP contribution in [0.3, 0.4) is 0 Å². The van der Waals surface area contributed by atoms with E-state index in [1.54, 1.807) is 0 Å². The number of hydrogen-bond acceptors (Lipinski definition) is 4. The van der Waals surface area contributed by atoms with E-state index in [1.807, 2.05) is 30.3 Å². The molecule has 1 fully saturated rings. The van der Waals surface area contributed by atoms with E-state index in [4.69, 9.17) is 0 Å². The molecule has 1 N–H and O–H groups in total. The SMILES string of the molecule is O=C(Cc1ccccc1)Nc1nnc(CC2CC2)s1. The molecular formula is C14H15N3OS. The van der Waals surface area contributed by atoms with E-state index in [0.29, 0.717) is 11.6 Å². The first kappa shape index (κ1) is 12.3. The van der Waals surface area contributed by atoms with Crippen LogP contribution < -0.4 is 5.32 Å². The molecule has 0 atom stereocenters. The molecule has 1 aromatic heterocycles. The topological polar surface area (TPSA) is 54.9 Å². The summed E-state index contributed by atoms with van der Waals surface area (Å²) in [5, 5.41) is 12.6. The Morgan fingerprint density at radius 3 is 2.79 bits per heavy atom. The van der Waals surface area contributed by atoms with Crippen molar-refractivity contribution < 1.29 is 4.79 Å². The summed E-state index contributed by atoms with van der Waals surface area (Å²) in [7, 11) is 0. The molecule has 0 saturated heterocycles. The summed E-state index contributed by atoms with van der Waals surface area (Å²) in [5.74, 6) is 0.751. The van der Waals surface area contributed by atoms with E-state index in [0.717, 1.165) is 22.9 Å². The zero-order chi connectivity index (χ0) is 13.1. The first-order chi connectivity index (χ1) is 9.29. The number of rotatable bonds is 5. The lowest BCUT2D eigenvalue weighted by atomic mass is 10.1. The normalized spacial score (nSPS) is 14.3. The lowest BCUT2D eigenvalue weighted by Crippen LogP contribution is -2.14. The molecule has 0 spiro atoms. The molecule has 1 aliphatic rings. The van der Waals surface area contributed by atoms with Gasteiger partial charge in [0.05, 0.1) is 6.42 Å². The molecule has 1 saturated carbocycles. The van der Waals surface area contributed by atoms with Gasteiger partial charge in [0.25, 0.3) is 0 Å². The summed E-state index contributed by atoms with van der Waals surface area (Å²) in [6.45, 7) is 0. The lowest BCUT2D eigenvalue weighted by molar-refractivity contribution is -0.115. The number of anilines is 1. The maximum absolute atomic E-state index is 11.9. The summed E-state index contributed by atoms with van der Waals surface area (Å²) in [5.41, 5.74) is 1.00. The first-order valence-electron chi connectivity index (χ1n) is 6.46. The number of amides is 1. The Kier molecular flexibility index (Phi) is 3.55. The second kappa shape index (κ2) is 5.48. The van der Waals surface area contributed by atoms with E-state index in [2.05, 4.69) is 15.5 Å². The number of aromatic nitrogens is 2. The van der Waals surface area contributed by atoms with Crippen molar-refractivity contribution in [2.75, 3.05) is 5.32 Å². The number of benzene rings is 1. The van der Waals surface area contributed by atoms with E-state index in [9.17, 15) is 4.79 Å². The molecule has 1 aromatic carbocycles. The summed E-state index contributed by atoms with van der Waals surface area (Å²) in [6, 6.07) is 9.69. The zero-order valence-electron chi connectivity index (χ0n) is 10.5. The molecule has 4 nitrogen and oxygen atoms in total. The molecule has 1 aliphatic carbocycles. The van der Waals surface area contributed by atoms with Crippen LogP contribution in [0.4, 0.5) is 5.13 Å². The Bertz CT molecular complexity index is 563. The van der Waals surface area contributed by atoms with E-state index in [1.165, 1.54) is 24.2 Å². The minimum Gasteiger partial charge on any atom is -0.300 e. The highest BCUT2D eigenvalue weighted by Crippen LogP contribution is 2.33. The van der Waals surface area contributed by atoms with Gasteiger partial charge in [0.1, 0.15) is 5.01 Å². The lowest BCUT2D eigenvalue weighted by Gasteiger charge is -2.00. The first-order valence-corrected chi connectivity index (χ1v) is 7.27. The maximum Gasteiger partial charge on any atom is 0.230 e. The Labute approximate surface area is 115 Å². The van der Waals surface area contributed by atoms with Crippen molar-refractivity contribution >= 4 is 22.4 Å². The van der Waals surface area contributed by atoms with Crippen LogP contribution in [-0.4, -0.2) is 16.1 Å². The van der Waals surface area contributed by atoms with Gasteiger partial charge in [0.2, 0.25) is 11.0 Å². The fraction of sp³-hybridized carbons (Fsp3) is 0.357. The van der Waals surface area contributed by atoms with Crippen LogP contribution in [0.25, 0.3) is 0 Å². The molecular weight excluding hydrogens is 258 g/mol. The summed E-state index contributed by atoms with van der Waals surface area (Å²) in [4.78, 5) is 11.9. The number of carbonyl (C=O) groups is 1. The van der Waals surface area contributed by atoms with E-state index < -0.39 is 0 Å². The second-order valence-electron chi connectivity index (χ2n) is 4.86. The number of carbonyl (C=O) groups excluding carboxylic acids is 1. The van der Waals surface area contributed by atoms with Crippen molar-refractivity contribution in [2.24, 2.45) is 5.92 Å². The van der Waals surface area contributed by atoms with Gasteiger partial charge in [-0.15, -0.1) is 10.2 Å². The number of nitrogens with zero attached hydrogens (tertiary/aromatic N) is 2. The molecule has 19 heavy (non-hydrogen) atoms. The zero-order valence-corrected chi connectivity index (χ0v) is 11.3. The highest BCUT2D eigenvalue weighted by atomic mass is 32.1. The van der Waals surface area contributed by atoms with Gasteiger partial charge in [-0.2, -0.15) is 0 Å². The average Bonchev–Trinajstić information content (AvgIpc) is 3.10. The summed E-state index contributed by atoms with van der Waals surface area (Å²) < 4.78 is 0. The molecule has 0 unspecified atom stereocenters. The van der Waals surface area contributed by atoms with Crippen LogP contribution in [0.1, 0.15) is 23.4 Å². The average molecular weight is 273 g/mol. The van der Waals surface area contributed by atoms with Crippen molar-refractivity contribution in [2.45, 2.75) is 25.7 Å². The highest BCUT2D eigenvalue weighted by Gasteiger charge is 2.23. The Morgan fingerprint density at radius 1 is 1.26 bits per heavy atom. The Hall–Kier alpha value is -1.75. The minimum absolute atomic E-state index is 0.0414. The third kappa shape index (κ3) is 3.61. The summed E-state index contributed by atoms with van der Waals surface area (Å²) >= 11 is 1.49. The van der Waals surface area contributed by atoms with Crippen LogP contribution in [-0.2, 0) is 17.6 Å². The molecule has 0 aliphatic heterocycles. The standard InChI is InChI=1S/C14H15N3OS/c18-12(8-10-4-2-1-3-5-10)15-14-17-16-13(19-14)9-11-6-7-11/h1-5,11H,6-9H2,(H,15,17,18). The minimum atomic E-state index is -0.0414. The quantitative estimate of drug-likeness (QED) is 0.911. The molecule has 5 heteroatoms. The smallest absolute Gasteiger partial charge is 0.230 e. The largest absolute Gasteiger partial charge is 0.300 e. The van der Waals surface area contributed by atoms with Crippen molar-refractivity contribution in [3.05, 3.63) is 40.9 Å². The maximum atomic E-state index is 11.9. The van der Waals surface area contributed by atoms with Gasteiger partial charge in [-0.25, -0.2) is 0 Å². The van der Waals surface area contributed by atoms with Gasteiger partial charge in [-0.05, 0) is 24.3 Å². The molecule has 1 heterocycles. The second-order valence-corrected chi connectivity index (χ2v) is 5.92. The van der Waals surface area contributed by atoms with Crippen molar-refractivity contribution in [1.29, 1.82) is 0 Å². The van der Waals surface area contributed by atoms with Gasteiger partial charge >= 0.3 is 0 Å². The van der Waals surface area contributed by atoms with Gasteiger partial charge in [0, 0.05) is 6.42 Å². The predicted octanol–water partition coefficient (Wildman–Crippen LogP) is 2.67. The van der Waals surface area contributed by atoms with Gasteiger partial charge in [-0.3, -0.25) is 4.79 Å². The molecule has 3 rings (SSSR count). The van der Waals surface area contributed by atoms with Crippen LogP contribution in [0.2, 0.25) is 0 Å². The van der Waals surface area contributed by atoms with Crippen molar-refractivity contribution in [3.8, 4) is 0 Å². The van der Waals surface area contributed by atoms with E-state index >= 15 is 0 Å². The fourth-order valence-corrected chi connectivity index (χ4v) is 2.77. The molecule has 98 valence electrons. The van der Waals surface area contributed by atoms with Crippen LogP contribution in [0.15, 0.2) is 30.3 Å². The summed E-state index contributed by atoms with van der Waals surface area (Å²) in [6.07, 6.45) is 3.98. The van der Waals surface area contributed by atoms with Gasteiger partial charge in [-0.1, -0.05) is 41.7 Å². The van der Waals surface area contributed by atoms with Gasteiger partial charge in [0.15, 0.2) is 0 Å². The van der Waals surface area contributed by atoms with Crippen LogP contribution in [0.5, 0.6) is 0 Å². The molecule has 1 amide bonds. The molecule has 0 radical (unpaired) electrons. The fourth-order valence-electron chi connectivity index (χ4n) is 1.90. The predicted molar refractivity (Wildman–Crippen MR) is 75.1 cm³/mol. The van der Waals surface area contributed by atoms with Crippen LogP contribution in [0, 0.1) is 5.92 Å². The van der Waals surface area contributed by atoms with Crippen molar-refractivity contribution in [1.82, 2.24) is 10.2 Å². The third-order valence-corrected chi connectivity index (χ3v) is 3.94.